The largest absolute Gasteiger partial charge is 0.481 e. The number of aliphatic carboxylic acids is 1. The molecule has 2 atom stereocenters. The summed E-state index contributed by atoms with van der Waals surface area (Å²) in [5.74, 6) is -0.947. The minimum atomic E-state index is -0.706. The van der Waals surface area contributed by atoms with Crippen molar-refractivity contribution in [2.45, 2.75) is 39.2 Å². The second-order valence-corrected chi connectivity index (χ2v) is 4.63. The van der Waals surface area contributed by atoms with E-state index in [0.717, 1.165) is 25.8 Å². The molecule has 0 spiro atoms. The van der Waals surface area contributed by atoms with Crippen LogP contribution in [0, 0.1) is 5.92 Å². The van der Waals surface area contributed by atoms with Gasteiger partial charge in [0.2, 0.25) is 0 Å². The summed E-state index contributed by atoms with van der Waals surface area (Å²) in [6.07, 6.45) is 2.67. The van der Waals surface area contributed by atoms with E-state index in [1.54, 1.807) is 14.0 Å². The van der Waals surface area contributed by atoms with Gasteiger partial charge >= 0.3 is 5.97 Å². The molecule has 5 heteroatoms. The van der Waals surface area contributed by atoms with Crippen LogP contribution in [0.2, 0.25) is 0 Å². The molecule has 0 amide bonds. The third-order valence-electron chi connectivity index (χ3n) is 2.87. The van der Waals surface area contributed by atoms with Crippen LogP contribution in [0.25, 0.3) is 0 Å². The maximum atomic E-state index is 10.6. The summed E-state index contributed by atoms with van der Waals surface area (Å²) >= 11 is 0. The lowest BCUT2D eigenvalue weighted by molar-refractivity contribution is -0.141. The quantitative estimate of drug-likeness (QED) is 0.521. The van der Waals surface area contributed by atoms with Gasteiger partial charge in [-0.3, -0.25) is 4.79 Å². The third kappa shape index (κ3) is 10.5. The van der Waals surface area contributed by atoms with Gasteiger partial charge in [-0.2, -0.15) is 0 Å². The molecule has 0 aromatic rings. The first-order valence-corrected chi connectivity index (χ1v) is 6.60. The molecular formula is C13H27NO4. The zero-order valence-electron chi connectivity index (χ0n) is 11.8. The van der Waals surface area contributed by atoms with E-state index in [-0.39, 0.29) is 5.92 Å². The van der Waals surface area contributed by atoms with Gasteiger partial charge in [-0.15, -0.1) is 0 Å². The molecule has 0 heterocycles. The highest BCUT2D eigenvalue weighted by Crippen LogP contribution is 2.09. The maximum absolute atomic E-state index is 10.6. The first-order chi connectivity index (χ1) is 8.57. The van der Waals surface area contributed by atoms with E-state index in [1.165, 1.54) is 0 Å². The van der Waals surface area contributed by atoms with Gasteiger partial charge in [-0.1, -0.05) is 13.3 Å². The Morgan fingerprint density at radius 2 is 1.94 bits per heavy atom. The second kappa shape index (κ2) is 11.4. The summed E-state index contributed by atoms with van der Waals surface area (Å²) in [7, 11) is 1.65. The number of methoxy groups -OCH3 is 1. The smallest absolute Gasteiger partial charge is 0.306 e. The van der Waals surface area contributed by atoms with Crippen molar-refractivity contribution in [2.75, 3.05) is 33.5 Å². The Hall–Kier alpha value is -0.650. The Labute approximate surface area is 110 Å². The average Bonchev–Trinajstić information content (AvgIpc) is 2.33. The van der Waals surface area contributed by atoms with Crippen LogP contribution in [0.4, 0.5) is 0 Å². The van der Waals surface area contributed by atoms with Crippen molar-refractivity contribution in [2.24, 2.45) is 5.92 Å². The van der Waals surface area contributed by atoms with Crippen LogP contribution in [-0.4, -0.2) is 50.6 Å². The van der Waals surface area contributed by atoms with E-state index in [2.05, 4.69) is 12.2 Å². The number of hydrogen-bond acceptors (Lipinski definition) is 4. The molecule has 18 heavy (non-hydrogen) atoms. The van der Waals surface area contributed by atoms with E-state index >= 15 is 0 Å². The van der Waals surface area contributed by atoms with E-state index in [1.807, 2.05) is 0 Å². The SMILES string of the molecule is COCCOCCNC(C)CCCC(C)C(=O)O. The molecule has 2 unspecified atom stereocenters. The molecule has 2 N–H and O–H groups in total. The number of hydrogen-bond donors (Lipinski definition) is 2. The average molecular weight is 261 g/mol. The van der Waals surface area contributed by atoms with Gasteiger partial charge in [0.15, 0.2) is 0 Å². The third-order valence-corrected chi connectivity index (χ3v) is 2.87. The molecule has 0 saturated heterocycles. The van der Waals surface area contributed by atoms with Crippen LogP contribution in [0.1, 0.15) is 33.1 Å². The van der Waals surface area contributed by atoms with E-state index < -0.39 is 5.97 Å². The minimum Gasteiger partial charge on any atom is -0.481 e. The normalized spacial score (nSPS) is 14.4. The topological polar surface area (TPSA) is 67.8 Å². The fraction of sp³-hybridized carbons (Fsp3) is 0.923. The van der Waals surface area contributed by atoms with Crippen LogP contribution < -0.4 is 5.32 Å². The van der Waals surface area contributed by atoms with Gasteiger partial charge in [0.05, 0.1) is 25.7 Å². The van der Waals surface area contributed by atoms with Crippen LogP contribution in [0.15, 0.2) is 0 Å². The fourth-order valence-electron chi connectivity index (χ4n) is 1.58. The number of ether oxygens (including phenoxy) is 2. The first-order valence-electron chi connectivity index (χ1n) is 6.60. The van der Waals surface area contributed by atoms with Gasteiger partial charge in [0.25, 0.3) is 0 Å². The Kier molecular flexibility index (Phi) is 11.0. The van der Waals surface area contributed by atoms with Crippen LogP contribution >= 0.6 is 0 Å². The molecule has 0 aromatic heterocycles. The summed E-state index contributed by atoms with van der Waals surface area (Å²) in [5, 5.41) is 12.1. The van der Waals surface area contributed by atoms with Gasteiger partial charge < -0.3 is 19.9 Å². The first kappa shape index (κ1) is 17.4. The van der Waals surface area contributed by atoms with Crippen molar-refractivity contribution in [3.8, 4) is 0 Å². The van der Waals surface area contributed by atoms with E-state index in [4.69, 9.17) is 14.6 Å². The maximum Gasteiger partial charge on any atom is 0.306 e. The molecule has 0 aliphatic carbocycles. The molecule has 5 nitrogen and oxygen atoms in total. The van der Waals surface area contributed by atoms with Gasteiger partial charge in [0, 0.05) is 19.7 Å². The summed E-state index contributed by atoms with van der Waals surface area (Å²) < 4.78 is 10.2. The number of carboxylic acid groups (broad SMARTS) is 1. The Bertz CT molecular complexity index is 211. The summed E-state index contributed by atoms with van der Waals surface area (Å²) in [6.45, 7) is 6.62. The van der Waals surface area contributed by atoms with Gasteiger partial charge in [-0.25, -0.2) is 0 Å². The number of nitrogens with one attached hydrogen (secondary N) is 1. The lowest BCUT2D eigenvalue weighted by Crippen LogP contribution is -2.29. The molecule has 0 aliphatic rings. The monoisotopic (exact) mass is 261 g/mol. The molecule has 0 bridgehead atoms. The molecule has 0 fully saturated rings. The highest BCUT2D eigenvalue weighted by molar-refractivity contribution is 5.69. The molecule has 0 saturated carbocycles. The zero-order chi connectivity index (χ0) is 13.8. The predicted molar refractivity (Wildman–Crippen MR) is 70.8 cm³/mol. The standard InChI is InChI=1S/C13H27NO4/c1-11(13(15)16)5-4-6-12(2)14-7-8-18-10-9-17-3/h11-12,14H,4-10H2,1-3H3,(H,15,16). The summed E-state index contributed by atoms with van der Waals surface area (Å²) in [4.78, 5) is 10.6. The van der Waals surface area contributed by atoms with Crippen molar-refractivity contribution in [3.05, 3.63) is 0 Å². The highest BCUT2D eigenvalue weighted by atomic mass is 16.5. The lowest BCUT2D eigenvalue weighted by Gasteiger charge is -2.14. The molecular weight excluding hydrogens is 234 g/mol. The fourth-order valence-corrected chi connectivity index (χ4v) is 1.58. The van der Waals surface area contributed by atoms with E-state index in [0.29, 0.717) is 25.9 Å². The Balaban J connectivity index is 3.32. The van der Waals surface area contributed by atoms with Crippen molar-refractivity contribution < 1.29 is 19.4 Å². The Morgan fingerprint density at radius 1 is 1.22 bits per heavy atom. The highest BCUT2D eigenvalue weighted by Gasteiger charge is 2.10. The van der Waals surface area contributed by atoms with Crippen molar-refractivity contribution >= 4 is 5.97 Å². The summed E-state index contributed by atoms with van der Waals surface area (Å²) in [5.41, 5.74) is 0. The predicted octanol–water partition coefficient (Wildman–Crippen LogP) is 1.52. The molecule has 0 aromatic carbocycles. The number of carbonyl (C=O) groups is 1. The molecule has 0 radical (unpaired) electrons. The molecule has 0 rings (SSSR count). The van der Waals surface area contributed by atoms with Gasteiger partial charge in [0.1, 0.15) is 0 Å². The van der Waals surface area contributed by atoms with Crippen molar-refractivity contribution in [1.29, 1.82) is 0 Å². The molecule has 0 aliphatic heterocycles. The van der Waals surface area contributed by atoms with Crippen molar-refractivity contribution in [3.63, 3.8) is 0 Å². The number of rotatable bonds is 12. The van der Waals surface area contributed by atoms with Crippen LogP contribution in [0.3, 0.4) is 0 Å². The van der Waals surface area contributed by atoms with Gasteiger partial charge in [-0.05, 0) is 19.8 Å². The minimum absolute atomic E-state index is 0.241. The molecule has 108 valence electrons. The summed E-state index contributed by atoms with van der Waals surface area (Å²) in [6, 6.07) is 0.400. The number of carboxylic acids is 1. The van der Waals surface area contributed by atoms with Crippen LogP contribution in [-0.2, 0) is 14.3 Å². The zero-order valence-corrected chi connectivity index (χ0v) is 11.8. The second-order valence-electron chi connectivity index (χ2n) is 4.63. The van der Waals surface area contributed by atoms with Crippen LogP contribution in [0.5, 0.6) is 0 Å². The van der Waals surface area contributed by atoms with Crippen molar-refractivity contribution in [1.82, 2.24) is 5.32 Å². The Morgan fingerprint density at radius 3 is 2.56 bits per heavy atom. The lowest BCUT2D eigenvalue weighted by atomic mass is 10.0. The van der Waals surface area contributed by atoms with E-state index in [9.17, 15) is 4.79 Å².